The number of rotatable bonds is 4. The molecule has 0 aliphatic carbocycles. The van der Waals surface area contributed by atoms with Crippen molar-refractivity contribution in [2.24, 2.45) is 5.92 Å². The van der Waals surface area contributed by atoms with Crippen molar-refractivity contribution in [2.45, 2.75) is 25.6 Å². The van der Waals surface area contributed by atoms with Gasteiger partial charge in [0.25, 0.3) is 0 Å². The van der Waals surface area contributed by atoms with Crippen LogP contribution in [0.15, 0.2) is 24.3 Å². The summed E-state index contributed by atoms with van der Waals surface area (Å²) in [4.78, 5) is 14.2. The summed E-state index contributed by atoms with van der Waals surface area (Å²) in [5.41, 5.74) is 1.10. The van der Waals surface area contributed by atoms with Crippen LogP contribution in [-0.4, -0.2) is 30.2 Å². The van der Waals surface area contributed by atoms with Gasteiger partial charge in [-0.25, -0.2) is 0 Å². The van der Waals surface area contributed by atoms with Crippen LogP contribution in [0.2, 0.25) is 0 Å². The number of hydrogen-bond donors (Lipinski definition) is 0. The zero-order valence-electron chi connectivity index (χ0n) is 11.8. The predicted octanol–water partition coefficient (Wildman–Crippen LogP) is 3.32. The molecular weight excluding hydrogens is 258 g/mol. The summed E-state index contributed by atoms with van der Waals surface area (Å²) in [5.74, 6) is 2.47. The molecule has 1 heterocycles. The lowest BCUT2D eigenvalue weighted by molar-refractivity contribution is -0.132. The highest BCUT2D eigenvalue weighted by molar-refractivity contribution is 7.99. The number of thioether (sulfide) groups is 1. The lowest BCUT2D eigenvalue weighted by Crippen LogP contribution is -2.39. The maximum Gasteiger partial charge on any atom is 0.224 e. The van der Waals surface area contributed by atoms with Gasteiger partial charge in [0.05, 0.1) is 7.11 Å². The first-order valence-corrected chi connectivity index (χ1v) is 7.72. The van der Waals surface area contributed by atoms with Gasteiger partial charge in [0.15, 0.2) is 0 Å². The molecule has 4 heteroatoms. The number of nitrogens with zero attached hydrogens (tertiary/aromatic N) is 1. The van der Waals surface area contributed by atoms with E-state index in [9.17, 15) is 4.79 Å². The second kappa shape index (κ2) is 6.33. The third kappa shape index (κ3) is 3.24. The van der Waals surface area contributed by atoms with Crippen molar-refractivity contribution in [2.75, 3.05) is 19.4 Å². The van der Waals surface area contributed by atoms with Crippen molar-refractivity contribution in [3.05, 3.63) is 29.8 Å². The van der Waals surface area contributed by atoms with Crippen molar-refractivity contribution in [1.29, 1.82) is 0 Å². The van der Waals surface area contributed by atoms with Gasteiger partial charge in [0.1, 0.15) is 11.1 Å². The largest absolute Gasteiger partial charge is 0.496 e. The minimum Gasteiger partial charge on any atom is -0.496 e. The summed E-state index contributed by atoms with van der Waals surface area (Å²) in [6, 6.07) is 7.99. The Kier molecular flexibility index (Phi) is 4.75. The Bertz CT molecular complexity index is 448. The molecule has 1 aliphatic heterocycles. The van der Waals surface area contributed by atoms with Crippen molar-refractivity contribution < 1.29 is 9.53 Å². The number of amides is 1. The Morgan fingerprint density at radius 2 is 2.16 bits per heavy atom. The van der Waals surface area contributed by atoms with E-state index in [4.69, 9.17) is 4.74 Å². The maximum absolute atomic E-state index is 12.2. The lowest BCUT2D eigenvalue weighted by Gasteiger charge is -2.37. The van der Waals surface area contributed by atoms with Crippen molar-refractivity contribution >= 4 is 17.7 Å². The average Bonchev–Trinajstić information content (AvgIpc) is 2.40. The van der Waals surface area contributed by atoms with E-state index in [-0.39, 0.29) is 11.3 Å². The molecule has 1 amide bonds. The molecule has 1 unspecified atom stereocenters. The lowest BCUT2D eigenvalue weighted by atomic mass is 10.1. The summed E-state index contributed by atoms with van der Waals surface area (Å²) < 4.78 is 5.44. The fraction of sp³-hybridized carbons (Fsp3) is 0.533. The molecule has 0 saturated carbocycles. The summed E-state index contributed by atoms with van der Waals surface area (Å²) in [6.07, 6.45) is 0.642. The van der Waals surface area contributed by atoms with Crippen LogP contribution in [-0.2, 0) is 4.79 Å². The maximum atomic E-state index is 12.2. The standard InChI is InChI=1S/C15H21NO2S/c1-11(2)10-16-14(17)8-9-19-15(16)12-6-4-5-7-13(12)18-3/h4-7,11,15H,8-10H2,1-3H3. The van der Waals surface area contributed by atoms with Crippen molar-refractivity contribution in [3.63, 3.8) is 0 Å². The summed E-state index contributed by atoms with van der Waals surface area (Å²) >= 11 is 1.82. The van der Waals surface area contributed by atoms with E-state index in [0.29, 0.717) is 12.3 Å². The van der Waals surface area contributed by atoms with Gasteiger partial charge >= 0.3 is 0 Å². The number of carbonyl (C=O) groups is 1. The van der Waals surface area contributed by atoms with Crippen LogP contribution in [0.25, 0.3) is 0 Å². The Morgan fingerprint density at radius 3 is 2.84 bits per heavy atom. The molecule has 1 saturated heterocycles. The molecule has 104 valence electrons. The van der Waals surface area contributed by atoms with E-state index in [1.165, 1.54) is 0 Å². The summed E-state index contributed by atoms with van der Waals surface area (Å²) in [5, 5.41) is 0.0831. The average molecular weight is 279 g/mol. The van der Waals surface area contributed by atoms with Crippen LogP contribution in [0.5, 0.6) is 5.75 Å². The Balaban J connectivity index is 2.31. The topological polar surface area (TPSA) is 29.5 Å². The van der Waals surface area contributed by atoms with E-state index in [1.54, 1.807) is 7.11 Å². The van der Waals surface area contributed by atoms with Crippen LogP contribution in [0.3, 0.4) is 0 Å². The zero-order valence-corrected chi connectivity index (χ0v) is 12.6. The van der Waals surface area contributed by atoms with Crippen LogP contribution in [0.1, 0.15) is 31.2 Å². The second-order valence-electron chi connectivity index (χ2n) is 5.16. The van der Waals surface area contributed by atoms with E-state index < -0.39 is 0 Å². The van der Waals surface area contributed by atoms with E-state index in [1.807, 2.05) is 34.9 Å². The molecule has 0 radical (unpaired) electrons. The van der Waals surface area contributed by atoms with E-state index >= 15 is 0 Å². The number of para-hydroxylation sites is 1. The molecule has 1 atom stereocenters. The first kappa shape index (κ1) is 14.3. The Hall–Kier alpha value is -1.16. The molecule has 1 fully saturated rings. The van der Waals surface area contributed by atoms with Gasteiger partial charge in [0.2, 0.25) is 5.91 Å². The third-order valence-electron chi connectivity index (χ3n) is 3.16. The van der Waals surface area contributed by atoms with E-state index in [0.717, 1.165) is 23.6 Å². The number of benzene rings is 1. The SMILES string of the molecule is COc1ccccc1C1SCCC(=O)N1CC(C)C. The van der Waals surface area contributed by atoms with Crippen molar-refractivity contribution in [3.8, 4) is 5.75 Å². The van der Waals surface area contributed by atoms with Gasteiger partial charge < -0.3 is 9.64 Å². The van der Waals surface area contributed by atoms with E-state index in [2.05, 4.69) is 19.9 Å². The molecule has 0 spiro atoms. The highest BCUT2D eigenvalue weighted by atomic mass is 32.2. The molecule has 1 aromatic rings. The van der Waals surface area contributed by atoms with Crippen LogP contribution >= 0.6 is 11.8 Å². The quantitative estimate of drug-likeness (QED) is 0.847. The number of hydrogen-bond acceptors (Lipinski definition) is 3. The highest BCUT2D eigenvalue weighted by Gasteiger charge is 2.31. The molecule has 0 bridgehead atoms. The number of carbonyl (C=O) groups excluding carboxylic acids is 1. The molecule has 3 nitrogen and oxygen atoms in total. The minimum absolute atomic E-state index is 0.0831. The molecule has 0 aromatic heterocycles. The number of methoxy groups -OCH3 is 1. The fourth-order valence-corrected chi connectivity index (χ4v) is 3.61. The monoisotopic (exact) mass is 279 g/mol. The zero-order chi connectivity index (χ0) is 13.8. The molecule has 0 N–H and O–H groups in total. The van der Waals surface area contributed by atoms with Crippen molar-refractivity contribution in [1.82, 2.24) is 4.90 Å². The predicted molar refractivity (Wildman–Crippen MR) is 79.4 cm³/mol. The smallest absolute Gasteiger partial charge is 0.224 e. The highest BCUT2D eigenvalue weighted by Crippen LogP contribution is 2.41. The summed E-state index contributed by atoms with van der Waals surface area (Å²) in [6.45, 7) is 5.09. The molecule has 1 aliphatic rings. The van der Waals surface area contributed by atoms with Gasteiger partial charge in [-0.2, -0.15) is 0 Å². The van der Waals surface area contributed by atoms with Gasteiger partial charge in [-0.15, -0.1) is 11.8 Å². The number of ether oxygens (including phenoxy) is 1. The normalized spacial score (nSPS) is 19.9. The third-order valence-corrected chi connectivity index (χ3v) is 4.43. The minimum atomic E-state index is 0.0831. The van der Waals surface area contributed by atoms with Gasteiger partial charge in [-0.05, 0) is 12.0 Å². The Labute approximate surface area is 119 Å². The summed E-state index contributed by atoms with van der Waals surface area (Å²) in [7, 11) is 1.68. The molecule has 19 heavy (non-hydrogen) atoms. The first-order valence-electron chi connectivity index (χ1n) is 6.67. The van der Waals surface area contributed by atoms with Gasteiger partial charge in [-0.1, -0.05) is 32.0 Å². The van der Waals surface area contributed by atoms with Crippen LogP contribution in [0.4, 0.5) is 0 Å². The van der Waals surface area contributed by atoms with Crippen LogP contribution in [0, 0.1) is 5.92 Å². The molecular formula is C15H21NO2S. The first-order chi connectivity index (χ1) is 9.13. The molecule has 2 rings (SSSR count). The second-order valence-corrected chi connectivity index (χ2v) is 6.34. The van der Waals surface area contributed by atoms with Gasteiger partial charge in [0, 0.05) is 24.3 Å². The van der Waals surface area contributed by atoms with Gasteiger partial charge in [-0.3, -0.25) is 4.79 Å². The fourth-order valence-electron chi connectivity index (χ4n) is 2.34. The van der Waals surface area contributed by atoms with Crippen LogP contribution < -0.4 is 4.74 Å². The Morgan fingerprint density at radius 1 is 1.42 bits per heavy atom. The molecule has 1 aromatic carbocycles.